The quantitative estimate of drug-likeness (QED) is 0.742. The molecule has 8 heteroatoms. The van der Waals surface area contributed by atoms with Crippen LogP contribution in [-0.4, -0.2) is 51.7 Å². The maximum Gasteiger partial charge on any atom is 0.204 e. The van der Waals surface area contributed by atoms with Gasteiger partial charge in [0, 0.05) is 32.0 Å². The average molecular weight is 380 g/mol. The molecule has 1 atom stereocenters. The predicted molar refractivity (Wildman–Crippen MR) is 97.3 cm³/mol. The summed E-state index contributed by atoms with van der Waals surface area (Å²) in [6.45, 7) is 1.66. The zero-order valence-electron chi connectivity index (χ0n) is 14.1. The molecule has 1 aromatic carbocycles. The van der Waals surface area contributed by atoms with Gasteiger partial charge in [0.15, 0.2) is 15.0 Å². The fraction of sp³-hybridized carbons (Fsp3) is 0.412. The number of ketones is 1. The number of ether oxygens (including phenoxy) is 1. The molecule has 0 aliphatic carbocycles. The normalized spacial score (nSPS) is 18.3. The van der Waals surface area contributed by atoms with Gasteiger partial charge in [0.2, 0.25) is 5.78 Å². The summed E-state index contributed by atoms with van der Waals surface area (Å²) in [5.41, 5.74) is 0.353. The fourth-order valence-corrected chi connectivity index (χ4v) is 4.41. The summed E-state index contributed by atoms with van der Waals surface area (Å²) in [4.78, 5) is 19.8. The van der Waals surface area contributed by atoms with Gasteiger partial charge < -0.3 is 9.64 Å². The molecule has 0 amide bonds. The Bertz CT molecular complexity index is 876. The van der Waals surface area contributed by atoms with E-state index in [9.17, 15) is 13.2 Å². The molecule has 6 nitrogen and oxygen atoms in total. The number of aromatic nitrogens is 1. The van der Waals surface area contributed by atoms with Crippen LogP contribution in [0.25, 0.3) is 0 Å². The van der Waals surface area contributed by atoms with Gasteiger partial charge >= 0.3 is 0 Å². The van der Waals surface area contributed by atoms with Crippen molar-refractivity contribution in [2.75, 3.05) is 31.4 Å². The minimum absolute atomic E-state index is 0.141. The predicted octanol–water partition coefficient (Wildman–Crippen LogP) is 2.39. The SMILES string of the molecule is CO[C@@H]1CCCN(c2ncc(C(=O)c3cccc(S(C)(=O)=O)c3)s2)C1. The molecule has 25 heavy (non-hydrogen) atoms. The van der Waals surface area contributed by atoms with Crippen molar-refractivity contribution in [1.82, 2.24) is 4.98 Å². The van der Waals surface area contributed by atoms with Crippen LogP contribution in [0.15, 0.2) is 35.4 Å². The molecule has 1 saturated heterocycles. The van der Waals surface area contributed by atoms with E-state index in [2.05, 4.69) is 9.88 Å². The lowest BCUT2D eigenvalue weighted by Gasteiger charge is -2.31. The molecule has 134 valence electrons. The molecule has 0 unspecified atom stereocenters. The van der Waals surface area contributed by atoms with E-state index in [1.165, 1.54) is 23.5 Å². The molecule has 1 fully saturated rings. The Balaban J connectivity index is 1.81. The van der Waals surface area contributed by atoms with E-state index in [0.29, 0.717) is 10.4 Å². The summed E-state index contributed by atoms with van der Waals surface area (Å²) in [7, 11) is -1.64. The van der Waals surface area contributed by atoms with E-state index in [4.69, 9.17) is 4.74 Å². The van der Waals surface area contributed by atoms with E-state index in [-0.39, 0.29) is 16.8 Å². The van der Waals surface area contributed by atoms with Crippen LogP contribution in [0.1, 0.15) is 28.1 Å². The maximum absolute atomic E-state index is 12.7. The third-order valence-electron chi connectivity index (χ3n) is 4.22. The van der Waals surface area contributed by atoms with Gasteiger partial charge in [0.1, 0.15) is 0 Å². The van der Waals surface area contributed by atoms with Gasteiger partial charge in [-0.3, -0.25) is 4.79 Å². The maximum atomic E-state index is 12.7. The van der Waals surface area contributed by atoms with E-state index < -0.39 is 9.84 Å². The number of thiazole rings is 1. The lowest BCUT2D eigenvalue weighted by atomic mass is 10.1. The molecule has 2 heterocycles. The number of rotatable bonds is 5. The zero-order chi connectivity index (χ0) is 18.0. The van der Waals surface area contributed by atoms with Crippen molar-refractivity contribution in [3.63, 3.8) is 0 Å². The average Bonchev–Trinajstić information content (AvgIpc) is 3.10. The molecular formula is C17H20N2O4S2. The number of piperidine rings is 1. The van der Waals surface area contributed by atoms with Crippen molar-refractivity contribution >= 4 is 32.1 Å². The largest absolute Gasteiger partial charge is 0.380 e. The minimum Gasteiger partial charge on any atom is -0.380 e. The van der Waals surface area contributed by atoms with Crippen LogP contribution >= 0.6 is 11.3 Å². The standard InChI is InChI=1S/C17H20N2O4S2/c1-23-13-6-4-8-19(11-13)17-18-10-15(24-17)16(20)12-5-3-7-14(9-12)25(2,21)22/h3,5,7,9-10,13H,4,6,8,11H2,1-2H3/t13-/m1/s1. The first-order valence-corrected chi connectivity index (χ1v) is 10.7. The summed E-state index contributed by atoms with van der Waals surface area (Å²) >= 11 is 1.33. The van der Waals surface area contributed by atoms with Crippen molar-refractivity contribution in [3.05, 3.63) is 40.9 Å². The second-order valence-corrected chi connectivity index (χ2v) is 9.11. The van der Waals surface area contributed by atoms with Gasteiger partial charge in [-0.05, 0) is 25.0 Å². The van der Waals surface area contributed by atoms with Gasteiger partial charge in [0.05, 0.1) is 22.1 Å². The number of benzene rings is 1. The number of methoxy groups -OCH3 is 1. The Labute approximate surface area is 151 Å². The smallest absolute Gasteiger partial charge is 0.204 e. The molecule has 3 rings (SSSR count). The van der Waals surface area contributed by atoms with Crippen LogP contribution in [0.4, 0.5) is 5.13 Å². The van der Waals surface area contributed by atoms with Gasteiger partial charge in [-0.15, -0.1) is 0 Å². The molecule has 0 N–H and O–H groups in total. The number of nitrogens with zero attached hydrogens (tertiary/aromatic N) is 2. The van der Waals surface area contributed by atoms with E-state index in [0.717, 1.165) is 37.3 Å². The van der Waals surface area contributed by atoms with Crippen LogP contribution in [0.2, 0.25) is 0 Å². The summed E-state index contributed by atoms with van der Waals surface area (Å²) in [5, 5.41) is 0.796. The number of carbonyl (C=O) groups excluding carboxylic acids is 1. The van der Waals surface area contributed by atoms with E-state index in [1.54, 1.807) is 25.4 Å². The second-order valence-electron chi connectivity index (χ2n) is 6.08. The van der Waals surface area contributed by atoms with Gasteiger partial charge in [-0.1, -0.05) is 23.5 Å². The summed E-state index contributed by atoms with van der Waals surface area (Å²) in [6.07, 6.45) is 4.93. The lowest BCUT2D eigenvalue weighted by Crippen LogP contribution is -2.39. The number of hydrogen-bond donors (Lipinski definition) is 0. The topological polar surface area (TPSA) is 76.6 Å². The Kier molecular flexibility index (Phi) is 5.21. The first kappa shape index (κ1) is 18.0. The molecule has 0 bridgehead atoms. The van der Waals surface area contributed by atoms with Crippen molar-refractivity contribution in [2.24, 2.45) is 0 Å². The van der Waals surface area contributed by atoms with Crippen LogP contribution in [0, 0.1) is 0 Å². The zero-order valence-corrected chi connectivity index (χ0v) is 15.8. The number of carbonyl (C=O) groups is 1. The highest BCUT2D eigenvalue weighted by Gasteiger charge is 2.23. The third-order valence-corrected chi connectivity index (χ3v) is 6.39. The Morgan fingerprint density at radius 2 is 2.20 bits per heavy atom. The Morgan fingerprint density at radius 3 is 2.92 bits per heavy atom. The Morgan fingerprint density at radius 1 is 1.40 bits per heavy atom. The highest BCUT2D eigenvalue weighted by molar-refractivity contribution is 7.90. The summed E-state index contributed by atoms with van der Waals surface area (Å²) in [6, 6.07) is 6.11. The van der Waals surface area contributed by atoms with Crippen molar-refractivity contribution < 1.29 is 17.9 Å². The highest BCUT2D eigenvalue weighted by atomic mass is 32.2. The minimum atomic E-state index is -3.35. The third kappa shape index (κ3) is 4.08. The van der Waals surface area contributed by atoms with Crippen LogP contribution in [-0.2, 0) is 14.6 Å². The molecule has 0 spiro atoms. The molecule has 1 aromatic heterocycles. The van der Waals surface area contributed by atoms with Crippen LogP contribution < -0.4 is 4.90 Å². The Hall–Kier alpha value is -1.77. The van der Waals surface area contributed by atoms with E-state index in [1.807, 2.05) is 0 Å². The fourth-order valence-electron chi connectivity index (χ4n) is 2.83. The monoisotopic (exact) mass is 380 g/mol. The molecule has 1 aliphatic heterocycles. The highest BCUT2D eigenvalue weighted by Crippen LogP contribution is 2.28. The summed E-state index contributed by atoms with van der Waals surface area (Å²) in [5.74, 6) is -0.213. The summed E-state index contributed by atoms with van der Waals surface area (Å²) < 4.78 is 28.8. The number of hydrogen-bond acceptors (Lipinski definition) is 7. The molecule has 0 saturated carbocycles. The van der Waals surface area contributed by atoms with E-state index >= 15 is 0 Å². The van der Waals surface area contributed by atoms with Crippen LogP contribution in [0.3, 0.4) is 0 Å². The number of anilines is 1. The first-order valence-electron chi connectivity index (χ1n) is 7.97. The van der Waals surface area contributed by atoms with Crippen LogP contribution in [0.5, 0.6) is 0 Å². The molecule has 0 radical (unpaired) electrons. The van der Waals surface area contributed by atoms with Gasteiger partial charge in [-0.25, -0.2) is 13.4 Å². The molecular weight excluding hydrogens is 360 g/mol. The van der Waals surface area contributed by atoms with Crippen molar-refractivity contribution in [2.45, 2.75) is 23.8 Å². The van der Waals surface area contributed by atoms with Gasteiger partial charge in [0.25, 0.3) is 0 Å². The second kappa shape index (κ2) is 7.23. The van der Waals surface area contributed by atoms with Crippen molar-refractivity contribution in [3.8, 4) is 0 Å². The molecule has 2 aromatic rings. The van der Waals surface area contributed by atoms with Crippen molar-refractivity contribution in [1.29, 1.82) is 0 Å². The number of sulfone groups is 1. The van der Waals surface area contributed by atoms with Gasteiger partial charge in [-0.2, -0.15) is 0 Å². The first-order chi connectivity index (χ1) is 11.9. The molecule has 1 aliphatic rings. The lowest BCUT2D eigenvalue weighted by molar-refractivity contribution is 0.0893.